The summed E-state index contributed by atoms with van der Waals surface area (Å²) in [7, 11) is 0. The Bertz CT molecular complexity index is 1810. The van der Waals surface area contributed by atoms with Gasteiger partial charge < -0.3 is 56.6 Å². The largest absolute Gasteiger partial charge is 1.00 e. The normalized spacial score (nSPS) is 23.9. The predicted molar refractivity (Wildman–Crippen MR) is 199 cm³/mol. The standard InChI is InChI=1S/C42H53N3O6.BrH/c1-29(43-26-38(47)35-15-17-37(46)41-36(35)16-18-40(48)44-41)25-30-11-13-34(14-12-30)50-24-23-45-21-19-31(20-22-45)39(27-45)51-28-42(49,33-9-5-6-10-33)32-7-3-2-4-8-32;/h2-4,7-8,11-18,29,31,33,38-39,43,47,49H,5-6,9-10,19-28H2,1H3,(H-,44,46,48);1H/t29-,31?,38+,39+,42-,45?;/m1./s1. The van der Waals surface area contributed by atoms with Gasteiger partial charge in [-0.3, -0.25) is 4.79 Å². The number of aliphatic hydroxyl groups excluding tert-OH is 1. The molecule has 0 radical (unpaired) electrons. The van der Waals surface area contributed by atoms with E-state index in [2.05, 4.69) is 41.5 Å². The first-order valence-corrected chi connectivity index (χ1v) is 18.9. The Morgan fingerprint density at radius 1 is 0.962 bits per heavy atom. The highest BCUT2D eigenvalue weighted by Crippen LogP contribution is 2.42. The van der Waals surface area contributed by atoms with Crippen LogP contribution < -0.4 is 32.6 Å². The van der Waals surface area contributed by atoms with Crippen LogP contribution in [0.1, 0.15) is 68.2 Å². The fourth-order valence-electron chi connectivity index (χ4n) is 9.00. The van der Waals surface area contributed by atoms with Gasteiger partial charge in [-0.25, -0.2) is 0 Å². The van der Waals surface area contributed by atoms with Gasteiger partial charge in [0.15, 0.2) is 0 Å². The van der Waals surface area contributed by atoms with E-state index < -0.39 is 11.7 Å². The van der Waals surface area contributed by atoms with Crippen LogP contribution in [0.2, 0.25) is 0 Å². The molecule has 3 aromatic carbocycles. The first kappa shape index (κ1) is 38.5. The number of H-pyrrole nitrogens is 1. The molecule has 0 amide bonds. The molecule has 3 aliphatic heterocycles. The van der Waals surface area contributed by atoms with Crippen molar-refractivity contribution in [2.24, 2.45) is 11.8 Å². The monoisotopic (exact) mass is 775 g/mol. The van der Waals surface area contributed by atoms with Gasteiger partial charge in [0.2, 0.25) is 5.56 Å². The third kappa shape index (κ3) is 8.59. The molecule has 5 N–H and O–H groups in total. The zero-order valence-electron chi connectivity index (χ0n) is 30.2. The number of pyridine rings is 1. The number of nitrogens with one attached hydrogen (secondary N) is 2. The number of fused-ring (bicyclic) bond motifs is 4. The van der Waals surface area contributed by atoms with Gasteiger partial charge in [-0.05, 0) is 73.1 Å². The molecule has 4 atom stereocenters. The second-order valence-electron chi connectivity index (χ2n) is 15.5. The van der Waals surface area contributed by atoms with Crippen LogP contribution in [0.25, 0.3) is 10.9 Å². The van der Waals surface area contributed by atoms with Gasteiger partial charge in [0.1, 0.15) is 42.9 Å². The van der Waals surface area contributed by atoms with Crippen molar-refractivity contribution in [1.82, 2.24) is 10.3 Å². The number of aromatic amines is 1. The van der Waals surface area contributed by atoms with Crippen LogP contribution in [0.15, 0.2) is 83.7 Å². The number of rotatable bonds is 15. The molecule has 1 saturated carbocycles. The van der Waals surface area contributed by atoms with E-state index in [0.29, 0.717) is 42.1 Å². The van der Waals surface area contributed by atoms with E-state index >= 15 is 0 Å². The molecule has 280 valence electrons. The van der Waals surface area contributed by atoms with Gasteiger partial charge in [-0.1, -0.05) is 61.4 Å². The number of phenols is 1. The summed E-state index contributed by atoms with van der Waals surface area (Å²) in [5, 5.41) is 37.2. The highest BCUT2D eigenvalue weighted by Gasteiger charge is 2.48. The fourth-order valence-corrected chi connectivity index (χ4v) is 9.00. The summed E-state index contributed by atoms with van der Waals surface area (Å²) in [4.78, 5) is 14.4. The predicted octanol–water partition coefficient (Wildman–Crippen LogP) is 2.57. The van der Waals surface area contributed by atoms with Crippen molar-refractivity contribution in [2.45, 2.75) is 75.7 Å². The van der Waals surface area contributed by atoms with E-state index in [9.17, 15) is 20.1 Å². The van der Waals surface area contributed by atoms with Crippen molar-refractivity contribution in [3.63, 3.8) is 0 Å². The molecule has 10 heteroatoms. The van der Waals surface area contributed by atoms with Crippen molar-refractivity contribution >= 4 is 10.9 Å². The summed E-state index contributed by atoms with van der Waals surface area (Å²) in [6, 6.07) is 24.8. The lowest BCUT2D eigenvalue weighted by molar-refractivity contribution is -0.946. The molecule has 52 heavy (non-hydrogen) atoms. The van der Waals surface area contributed by atoms with Crippen molar-refractivity contribution < 1.29 is 46.3 Å². The van der Waals surface area contributed by atoms with Crippen molar-refractivity contribution in [3.05, 3.63) is 106 Å². The lowest BCUT2D eigenvalue weighted by Gasteiger charge is -2.52. The van der Waals surface area contributed by atoms with E-state index in [1.54, 1.807) is 12.1 Å². The van der Waals surface area contributed by atoms with Crippen molar-refractivity contribution in [3.8, 4) is 11.5 Å². The molecule has 1 aromatic heterocycles. The summed E-state index contributed by atoms with van der Waals surface area (Å²) in [5.74, 6) is 1.68. The summed E-state index contributed by atoms with van der Waals surface area (Å²) < 4.78 is 14.0. The zero-order chi connectivity index (χ0) is 35.4. The van der Waals surface area contributed by atoms with Crippen LogP contribution in [0.3, 0.4) is 0 Å². The Kier molecular flexibility index (Phi) is 12.5. The Labute approximate surface area is 317 Å². The van der Waals surface area contributed by atoms with E-state index in [1.807, 2.05) is 30.3 Å². The second kappa shape index (κ2) is 16.8. The highest BCUT2D eigenvalue weighted by atomic mass is 79.9. The maximum Gasteiger partial charge on any atom is 0.248 e. The third-order valence-electron chi connectivity index (χ3n) is 12.1. The first-order chi connectivity index (χ1) is 24.7. The summed E-state index contributed by atoms with van der Waals surface area (Å²) in [6.45, 7) is 7.73. The Morgan fingerprint density at radius 2 is 1.69 bits per heavy atom. The number of phenolic OH excluding ortho intramolecular Hbond substituents is 1. The van der Waals surface area contributed by atoms with Crippen LogP contribution >= 0.6 is 0 Å². The second-order valence-corrected chi connectivity index (χ2v) is 15.5. The number of piperidine rings is 3. The number of aliphatic hydroxyl groups is 2. The van der Waals surface area contributed by atoms with Gasteiger partial charge in [0.05, 0.1) is 31.3 Å². The Balaban J connectivity index is 0.00000464. The number of benzene rings is 3. The summed E-state index contributed by atoms with van der Waals surface area (Å²) >= 11 is 0. The van der Waals surface area contributed by atoms with Crippen LogP contribution in [0.5, 0.6) is 11.5 Å². The van der Waals surface area contributed by atoms with Gasteiger partial charge in [-0.2, -0.15) is 0 Å². The maximum absolute atomic E-state index is 12.0. The molecule has 2 bridgehead atoms. The number of hydrogen-bond donors (Lipinski definition) is 5. The molecule has 8 rings (SSSR count). The van der Waals surface area contributed by atoms with Gasteiger partial charge in [0, 0.05) is 42.8 Å². The number of aromatic nitrogens is 1. The lowest BCUT2D eigenvalue weighted by atomic mass is 9.80. The average Bonchev–Trinajstić information content (AvgIpc) is 3.71. The molecular formula is C42H54BrN3O6. The Morgan fingerprint density at radius 3 is 2.42 bits per heavy atom. The zero-order valence-corrected chi connectivity index (χ0v) is 31.8. The Hall–Kier alpha value is -3.25. The number of hydrogen-bond acceptors (Lipinski definition) is 7. The SMILES string of the molecule is C[C@H](Cc1ccc(OCC[N+]23CCC(CC2)[C@@H](OC[C@@](O)(c2ccccc2)C2CCCC2)C3)cc1)NC[C@H](O)c1ccc(O)c2[nH]c(=O)ccc12.[Br-]. The number of ether oxygens (including phenoxy) is 2. The molecule has 4 aliphatic rings. The third-order valence-corrected chi connectivity index (χ3v) is 12.1. The minimum Gasteiger partial charge on any atom is -1.00 e. The molecular weight excluding hydrogens is 722 g/mol. The van der Waals surface area contributed by atoms with Crippen LogP contribution in [0, 0.1) is 11.8 Å². The van der Waals surface area contributed by atoms with Crippen molar-refractivity contribution in [2.75, 3.05) is 45.9 Å². The van der Waals surface area contributed by atoms with Crippen LogP contribution in [0.4, 0.5) is 0 Å². The lowest BCUT2D eigenvalue weighted by Crippen LogP contribution is -3.00. The number of nitrogens with zero attached hydrogens (tertiary/aromatic N) is 1. The van der Waals surface area contributed by atoms with Crippen molar-refractivity contribution in [1.29, 1.82) is 0 Å². The van der Waals surface area contributed by atoms with Crippen LogP contribution in [-0.4, -0.2) is 82.9 Å². The van der Waals surface area contributed by atoms with E-state index in [-0.39, 0.29) is 46.4 Å². The number of aromatic hydroxyl groups is 1. The molecule has 4 aromatic rings. The highest BCUT2D eigenvalue weighted by molar-refractivity contribution is 5.87. The van der Waals surface area contributed by atoms with E-state index in [4.69, 9.17) is 9.47 Å². The minimum atomic E-state index is -0.925. The quantitative estimate of drug-likeness (QED) is 0.118. The average molecular weight is 777 g/mol. The minimum absolute atomic E-state index is 0. The molecule has 0 unspecified atom stereocenters. The smallest absolute Gasteiger partial charge is 0.248 e. The molecule has 9 nitrogen and oxygen atoms in total. The molecule has 0 spiro atoms. The summed E-state index contributed by atoms with van der Waals surface area (Å²) in [5.41, 5.74) is 1.93. The maximum atomic E-state index is 12.0. The van der Waals surface area contributed by atoms with Crippen LogP contribution in [-0.2, 0) is 16.8 Å². The number of quaternary nitrogens is 1. The molecule has 3 saturated heterocycles. The van der Waals surface area contributed by atoms with Gasteiger partial charge in [0.25, 0.3) is 0 Å². The van der Waals surface area contributed by atoms with E-state index in [1.165, 1.54) is 56.5 Å². The topological polar surface area (TPSA) is 124 Å². The molecule has 4 fully saturated rings. The van der Waals surface area contributed by atoms with E-state index in [0.717, 1.165) is 48.1 Å². The van der Waals surface area contributed by atoms with Gasteiger partial charge in [-0.15, -0.1) is 0 Å². The fraction of sp³-hybridized carbons (Fsp3) is 0.500. The summed E-state index contributed by atoms with van der Waals surface area (Å²) in [6.07, 6.45) is 6.99. The van der Waals surface area contributed by atoms with Gasteiger partial charge >= 0.3 is 0 Å². The number of halogens is 1. The molecule has 4 heterocycles. The molecule has 1 aliphatic carbocycles. The first-order valence-electron chi connectivity index (χ1n) is 18.9.